The number of aliphatic hydroxyl groups is 3. The number of nitrogens with two attached hydrogens (primary N) is 2. The fourth-order valence-electron chi connectivity index (χ4n) is 8.76. The quantitative estimate of drug-likeness (QED) is 0.0584. The SMILES string of the molecule is CCCCCCCCO[C@@H]1O[C@H](C(=O)NCCCC[C@@H](NC(=O)[C@H](Cc2ccccc2)NC(=O)[C@@H]2Cc3ccccc3CN2C(=O)[C@@H](N)Cc2c(C)cc(O)cc2C)C(N)=O)[C@@H](O)[C@H](O)[C@H]1O. The molecule has 0 bridgehead atoms. The van der Waals surface area contributed by atoms with E-state index < -0.39 is 84.4 Å². The third-order valence-corrected chi connectivity index (χ3v) is 12.7. The van der Waals surface area contributed by atoms with Crippen LogP contribution in [0.3, 0.4) is 0 Å². The molecule has 17 heteroatoms. The van der Waals surface area contributed by atoms with E-state index in [2.05, 4.69) is 22.9 Å². The van der Waals surface area contributed by atoms with Gasteiger partial charge in [0.2, 0.25) is 23.6 Å². The summed E-state index contributed by atoms with van der Waals surface area (Å²) in [5, 5.41) is 49.7. The highest BCUT2D eigenvalue weighted by molar-refractivity contribution is 5.95. The summed E-state index contributed by atoms with van der Waals surface area (Å²) in [7, 11) is 0. The highest BCUT2D eigenvalue weighted by Crippen LogP contribution is 2.27. The number of carbonyl (C=O) groups excluding carboxylic acids is 5. The molecule has 1 fully saturated rings. The van der Waals surface area contributed by atoms with Gasteiger partial charge in [-0.25, -0.2) is 0 Å². The van der Waals surface area contributed by atoms with E-state index in [4.69, 9.17) is 20.9 Å². The Morgan fingerprint density at radius 1 is 0.791 bits per heavy atom. The lowest BCUT2D eigenvalue weighted by molar-refractivity contribution is -0.290. The van der Waals surface area contributed by atoms with Crippen molar-refractivity contribution in [2.45, 2.75) is 159 Å². The fraction of sp³-hybridized carbons (Fsp3) is 0.540. The number of unbranched alkanes of at least 4 members (excludes halogenated alkanes) is 6. The van der Waals surface area contributed by atoms with Crippen molar-refractivity contribution in [1.29, 1.82) is 0 Å². The molecule has 0 unspecified atom stereocenters. The third kappa shape index (κ3) is 14.8. The first kappa shape index (κ1) is 52.5. The van der Waals surface area contributed by atoms with Crippen LogP contribution in [0.1, 0.15) is 98.1 Å². The molecule has 2 heterocycles. The standard InChI is InChI=1S/C50H70N6O11/c1-4-5-6-7-8-16-23-66-50-43(60)41(58)42(59)44(67-50)48(64)53-22-15-14-21-38(45(52)61)54-46(62)39(26-32-17-10-9-11-18-32)55-47(63)40-27-33-19-12-13-20-34(33)29-56(40)49(65)37(51)28-36-30(2)24-35(57)25-31(36)3/h9-13,17-20,24-25,37-44,50,57-60H,4-8,14-16,21-23,26-29,51H2,1-3H3,(H2,52,61)(H,53,64)(H,54,62)(H,55,63)/t37-,38+,39-,40-,41-,42-,43+,44-,50+/m0/s1. The number of benzene rings is 3. The van der Waals surface area contributed by atoms with E-state index in [1.165, 1.54) is 4.90 Å². The minimum absolute atomic E-state index is 0.0534. The maximum absolute atomic E-state index is 14.4. The van der Waals surface area contributed by atoms with Gasteiger partial charge in [-0.05, 0) is 91.5 Å². The van der Waals surface area contributed by atoms with Crippen molar-refractivity contribution >= 4 is 29.5 Å². The lowest BCUT2D eigenvalue weighted by Gasteiger charge is -2.39. The number of phenolic OH excluding ortho intramolecular Hbond substituents is 1. The molecule has 2 aliphatic rings. The van der Waals surface area contributed by atoms with Crippen LogP contribution in [0.15, 0.2) is 66.7 Å². The molecule has 17 nitrogen and oxygen atoms in total. The number of fused-ring (bicyclic) bond motifs is 1. The monoisotopic (exact) mass is 931 g/mol. The molecule has 11 N–H and O–H groups in total. The Labute approximate surface area is 393 Å². The molecule has 0 aliphatic carbocycles. The van der Waals surface area contributed by atoms with Gasteiger partial charge in [0.15, 0.2) is 12.4 Å². The van der Waals surface area contributed by atoms with E-state index in [-0.39, 0.29) is 51.1 Å². The van der Waals surface area contributed by atoms with Crippen molar-refractivity contribution in [2.75, 3.05) is 13.2 Å². The second kappa shape index (κ2) is 25.6. The van der Waals surface area contributed by atoms with E-state index in [0.717, 1.165) is 65.5 Å². The van der Waals surface area contributed by atoms with E-state index >= 15 is 0 Å². The van der Waals surface area contributed by atoms with Crippen LogP contribution in [-0.2, 0) is 59.3 Å². The number of nitrogens with one attached hydrogen (secondary N) is 3. The van der Waals surface area contributed by atoms with Crippen molar-refractivity contribution in [3.05, 3.63) is 100 Å². The van der Waals surface area contributed by atoms with Gasteiger partial charge in [0.05, 0.1) is 6.04 Å². The number of primary amides is 1. The summed E-state index contributed by atoms with van der Waals surface area (Å²) < 4.78 is 11.2. The largest absolute Gasteiger partial charge is 0.508 e. The molecule has 0 saturated carbocycles. The fourth-order valence-corrected chi connectivity index (χ4v) is 8.76. The van der Waals surface area contributed by atoms with Crippen LogP contribution < -0.4 is 27.4 Å². The molecule has 2 aliphatic heterocycles. The van der Waals surface area contributed by atoms with Crippen molar-refractivity contribution in [1.82, 2.24) is 20.9 Å². The lowest BCUT2D eigenvalue weighted by atomic mass is 9.91. The maximum Gasteiger partial charge on any atom is 0.252 e. The highest BCUT2D eigenvalue weighted by Gasteiger charge is 2.47. The summed E-state index contributed by atoms with van der Waals surface area (Å²) in [4.78, 5) is 70.0. The molecule has 3 aromatic carbocycles. The van der Waals surface area contributed by atoms with Crippen molar-refractivity contribution < 1.29 is 53.9 Å². The number of aromatic hydroxyl groups is 1. The van der Waals surface area contributed by atoms with E-state index in [9.17, 15) is 44.4 Å². The first-order valence-corrected chi connectivity index (χ1v) is 23.5. The molecule has 5 amide bonds. The number of hydrogen-bond acceptors (Lipinski definition) is 12. The normalized spacial score (nSPS) is 21.6. The number of aliphatic hydroxyl groups excluding tert-OH is 3. The molecule has 9 atom stereocenters. The van der Waals surface area contributed by atoms with Gasteiger partial charge in [0.25, 0.3) is 5.91 Å². The van der Waals surface area contributed by atoms with Gasteiger partial charge < -0.3 is 62.2 Å². The molecule has 1 saturated heterocycles. The number of rotatable bonds is 24. The van der Waals surface area contributed by atoms with Gasteiger partial charge in [-0.2, -0.15) is 0 Å². The van der Waals surface area contributed by atoms with Crippen LogP contribution in [0.2, 0.25) is 0 Å². The number of amides is 5. The Morgan fingerprint density at radius 2 is 1.45 bits per heavy atom. The van der Waals surface area contributed by atoms with E-state index in [1.807, 2.05) is 44.2 Å². The van der Waals surface area contributed by atoms with Crippen molar-refractivity contribution in [3.63, 3.8) is 0 Å². The average molecular weight is 931 g/mol. The zero-order valence-electron chi connectivity index (χ0n) is 38.9. The third-order valence-electron chi connectivity index (χ3n) is 12.7. The zero-order chi connectivity index (χ0) is 48.6. The van der Waals surface area contributed by atoms with Gasteiger partial charge in [-0.15, -0.1) is 0 Å². The summed E-state index contributed by atoms with van der Waals surface area (Å²) in [5.41, 5.74) is 17.2. The van der Waals surface area contributed by atoms with Gasteiger partial charge in [0.1, 0.15) is 42.2 Å². The second-order valence-electron chi connectivity index (χ2n) is 17.9. The molecule has 366 valence electrons. The summed E-state index contributed by atoms with van der Waals surface area (Å²) in [6.07, 6.45) is -0.586. The smallest absolute Gasteiger partial charge is 0.252 e. The van der Waals surface area contributed by atoms with Crippen LogP contribution in [-0.4, -0.2) is 123 Å². The summed E-state index contributed by atoms with van der Waals surface area (Å²) in [5.74, 6) is -3.13. The Bertz CT molecular complexity index is 2100. The number of ether oxygens (including phenoxy) is 2. The lowest BCUT2D eigenvalue weighted by Crippen LogP contribution is -2.62. The van der Waals surface area contributed by atoms with Gasteiger partial charge >= 0.3 is 0 Å². The second-order valence-corrected chi connectivity index (χ2v) is 17.9. The van der Waals surface area contributed by atoms with E-state index in [1.54, 1.807) is 36.4 Å². The van der Waals surface area contributed by atoms with Crippen molar-refractivity contribution in [3.8, 4) is 5.75 Å². The first-order valence-electron chi connectivity index (χ1n) is 23.5. The predicted molar refractivity (Wildman–Crippen MR) is 250 cm³/mol. The topological polar surface area (TPSA) is 276 Å². The Kier molecular flexibility index (Phi) is 20.1. The molecular formula is C50H70N6O11. The van der Waals surface area contributed by atoms with Crippen LogP contribution >= 0.6 is 0 Å². The van der Waals surface area contributed by atoms with Gasteiger partial charge in [-0.3, -0.25) is 24.0 Å². The first-order chi connectivity index (χ1) is 32.1. The number of aryl methyl sites for hydroxylation is 2. The van der Waals surface area contributed by atoms with Gasteiger partial charge in [0, 0.05) is 32.5 Å². The zero-order valence-corrected chi connectivity index (χ0v) is 38.9. The Balaban J connectivity index is 1.20. The molecule has 67 heavy (non-hydrogen) atoms. The molecule has 0 radical (unpaired) electrons. The summed E-state index contributed by atoms with van der Waals surface area (Å²) in [6, 6.07) is 15.3. The number of carbonyl (C=O) groups is 5. The average Bonchev–Trinajstić information content (AvgIpc) is 3.30. The summed E-state index contributed by atoms with van der Waals surface area (Å²) in [6.45, 7) is 6.23. The molecule has 0 spiro atoms. The minimum Gasteiger partial charge on any atom is -0.508 e. The highest BCUT2D eigenvalue weighted by atomic mass is 16.7. The van der Waals surface area contributed by atoms with Crippen LogP contribution in [0, 0.1) is 13.8 Å². The molecular weight excluding hydrogens is 861 g/mol. The Morgan fingerprint density at radius 3 is 2.13 bits per heavy atom. The molecule has 5 rings (SSSR count). The van der Waals surface area contributed by atoms with Crippen LogP contribution in [0.4, 0.5) is 0 Å². The number of nitrogens with zero attached hydrogens (tertiary/aromatic N) is 1. The Hall–Kier alpha value is -5.43. The maximum atomic E-state index is 14.4. The summed E-state index contributed by atoms with van der Waals surface area (Å²) >= 11 is 0. The van der Waals surface area contributed by atoms with E-state index in [0.29, 0.717) is 19.3 Å². The predicted octanol–water partition coefficient (Wildman–Crippen LogP) is 2.00. The van der Waals surface area contributed by atoms with Gasteiger partial charge in [-0.1, -0.05) is 93.6 Å². The minimum atomic E-state index is -1.71. The number of phenols is 1. The van der Waals surface area contributed by atoms with Crippen LogP contribution in [0.5, 0.6) is 5.75 Å². The number of hydrogen-bond donors (Lipinski definition) is 9. The van der Waals surface area contributed by atoms with Crippen LogP contribution in [0.25, 0.3) is 0 Å². The van der Waals surface area contributed by atoms with Crippen molar-refractivity contribution in [2.24, 2.45) is 11.5 Å². The molecule has 0 aromatic heterocycles. The molecule has 3 aromatic rings.